The van der Waals surface area contributed by atoms with E-state index in [-0.39, 0.29) is 91.8 Å². The van der Waals surface area contributed by atoms with Crippen molar-refractivity contribution in [3.8, 4) is 0 Å². The van der Waals surface area contributed by atoms with E-state index in [1.54, 1.807) is 0 Å². The van der Waals surface area contributed by atoms with E-state index in [1.165, 1.54) is 0 Å². The first kappa shape index (κ1) is 36.1. The first-order valence-corrected chi connectivity index (χ1v) is 4.37. The molecule has 0 aromatic heterocycles. The molecule has 0 saturated heterocycles. The van der Waals surface area contributed by atoms with Gasteiger partial charge in [0.1, 0.15) is 0 Å². The molecule has 0 spiro atoms. The van der Waals surface area contributed by atoms with E-state index >= 15 is 0 Å². The molecule has 4 heteroatoms. The fourth-order valence-electron chi connectivity index (χ4n) is 0.333. The van der Waals surface area contributed by atoms with Crippen LogP contribution < -0.4 is 0 Å². The summed E-state index contributed by atoms with van der Waals surface area (Å²) in [6.45, 7) is 19.7. The summed E-state index contributed by atoms with van der Waals surface area (Å²) >= 11 is 0. The molecule has 15 heavy (non-hydrogen) atoms. The topological polar surface area (TPSA) is 0 Å². The van der Waals surface area contributed by atoms with Crippen molar-refractivity contribution >= 4 is 0 Å². The summed E-state index contributed by atoms with van der Waals surface area (Å²) in [5, 5.41) is 0. The van der Waals surface area contributed by atoms with Crippen molar-refractivity contribution in [3.05, 3.63) is 20.8 Å². The van der Waals surface area contributed by atoms with Crippen molar-refractivity contribution in [2.24, 2.45) is 17.8 Å². The van der Waals surface area contributed by atoms with Crippen molar-refractivity contribution in [1.82, 2.24) is 0 Å². The van der Waals surface area contributed by atoms with Crippen molar-refractivity contribution < 1.29 is 91.8 Å². The minimum atomic E-state index is 0. The molecule has 0 rings (SSSR count). The maximum Gasteiger partial charge on any atom is 2.00 e. The summed E-state index contributed by atoms with van der Waals surface area (Å²) in [5.74, 6) is 1.82. The molecule has 1 radical (unpaired) electrons. The monoisotopic (exact) mass is 812 g/mol. The molecule has 1 unspecified atom stereocenters. The molecule has 0 aliphatic rings. The Morgan fingerprint density at radius 1 is 1.00 bits per heavy atom. The number of hydrogen-bond acceptors (Lipinski definition) is 0. The Bertz CT molecular complexity index is 78.2. The Morgan fingerprint density at radius 2 is 1.20 bits per heavy atom. The maximum absolute atomic E-state index is 3.89. The molecule has 0 heterocycles. The molecule has 0 aliphatic heterocycles. The molecular weight excluding hydrogens is 789 g/mol. The summed E-state index contributed by atoms with van der Waals surface area (Å²) in [7, 11) is 0. The van der Waals surface area contributed by atoms with E-state index in [9.17, 15) is 0 Å². The van der Waals surface area contributed by atoms with E-state index in [4.69, 9.17) is 0 Å². The molecule has 0 fully saturated rings. The smallest absolute Gasteiger partial charge is 0.345 e. The SMILES string of the molecule is [CH2-]C(C)C.[CH2-]CC([CH2-])C(C)C.[U].[V].[W+2].[W]. The second kappa shape index (κ2) is 25.8. The van der Waals surface area contributed by atoms with Gasteiger partial charge in [0, 0.05) is 70.7 Å². The zero-order valence-corrected chi connectivity index (χ0v) is 21.8. The van der Waals surface area contributed by atoms with E-state index in [1.807, 2.05) is 0 Å². The normalized spacial score (nSPS) is 9.40. The van der Waals surface area contributed by atoms with Gasteiger partial charge in [-0.2, -0.15) is 11.8 Å². The Morgan fingerprint density at radius 3 is 1.20 bits per heavy atom. The van der Waals surface area contributed by atoms with Gasteiger partial charge in [0.05, 0.1) is 0 Å². The van der Waals surface area contributed by atoms with Crippen LogP contribution in [0.5, 0.6) is 0 Å². The summed E-state index contributed by atoms with van der Waals surface area (Å²) in [6, 6.07) is 0. The fourth-order valence-corrected chi connectivity index (χ4v) is 0.333. The third-order valence-electron chi connectivity index (χ3n) is 1.31. The van der Waals surface area contributed by atoms with Crippen LogP contribution in [0.4, 0.5) is 0 Å². The van der Waals surface area contributed by atoms with Crippen LogP contribution >= 0.6 is 0 Å². The minimum absolute atomic E-state index is 0. The first-order chi connectivity index (χ1) is 4.91. The molecule has 0 nitrogen and oxygen atoms in total. The molecule has 0 saturated carbocycles. The standard InChI is InChI=1S/C7H14.C4H9.U.V.2W/c1-5-7(4)6(2)3;1-4(2)3;;;;/h6-7H,1,4-5H2,2-3H3;4H,1H2,2-3H3;;;;/q-2;-1;;;;+2. The second-order valence-corrected chi connectivity index (χ2v) is 3.69. The van der Waals surface area contributed by atoms with Gasteiger partial charge in [-0.1, -0.05) is 33.6 Å². The van der Waals surface area contributed by atoms with E-state index < -0.39 is 0 Å². The van der Waals surface area contributed by atoms with Gasteiger partial charge in [-0.3, -0.25) is 0 Å². The quantitative estimate of drug-likeness (QED) is 0.373. The fraction of sp³-hybridized carbons (Fsp3) is 0.727. The van der Waals surface area contributed by atoms with Crippen molar-refractivity contribution in [2.45, 2.75) is 34.1 Å². The Labute approximate surface area is 162 Å². The third-order valence-corrected chi connectivity index (χ3v) is 1.31. The van der Waals surface area contributed by atoms with Crippen molar-refractivity contribution in [2.75, 3.05) is 0 Å². The molecule has 0 bridgehead atoms. The van der Waals surface area contributed by atoms with E-state index in [0.29, 0.717) is 17.8 Å². The summed E-state index contributed by atoms with van der Waals surface area (Å²) < 4.78 is 0. The molecule has 89 valence electrons. The average Bonchev–Trinajstić information content (AvgIpc) is 1.85. The van der Waals surface area contributed by atoms with Gasteiger partial charge >= 0.3 is 21.1 Å². The molecule has 0 aromatic rings. The van der Waals surface area contributed by atoms with E-state index in [0.717, 1.165) is 6.42 Å². The Balaban J connectivity index is -0.0000000230. The van der Waals surface area contributed by atoms with Crippen molar-refractivity contribution in [1.29, 1.82) is 0 Å². The van der Waals surface area contributed by atoms with Crippen LogP contribution in [0.25, 0.3) is 0 Å². The predicted molar refractivity (Wildman–Crippen MR) is 53.9 cm³/mol. The summed E-state index contributed by atoms with van der Waals surface area (Å²) in [5.41, 5.74) is 0. The van der Waals surface area contributed by atoms with Gasteiger partial charge in [-0.25, -0.2) is 6.42 Å². The number of hydrogen-bond donors (Lipinski definition) is 0. The van der Waals surface area contributed by atoms with Gasteiger partial charge in [0.25, 0.3) is 0 Å². The maximum atomic E-state index is 3.89. The second-order valence-electron chi connectivity index (χ2n) is 3.69. The van der Waals surface area contributed by atoms with Crippen LogP contribution in [0.2, 0.25) is 0 Å². The summed E-state index contributed by atoms with van der Waals surface area (Å²) in [4.78, 5) is 0. The number of rotatable bonds is 2. The van der Waals surface area contributed by atoms with Gasteiger partial charge in [-0.15, -0.1) is 0 Å². The Hall–Kier alpha value is 3.01. The average molecular weight is 812 g/mol. The molecule has 0 aliphatic carbocycles. The first-order valence-electron chi connectivity index (χ1n) is 4.37. The molecular formula is C11H23UVW2-. The molecule has 0 aromatic carbocycles. The van der Waals surface area contributed by atoms with Gasteiger partial charge in [0.2, 0.25) is 0 Å². The van der Waals surface area contributed by atoms with Crippen LogP contribution in [0, 0.1) is 69.6 Å². The van der Waals surface area contributed by atoms with Crippen LogP contribution in [-0.2, 0) is 60.7 Å². The van der Waals surface area contributed by atoms with Gasteiger partial charge in [0.15, 0.2) is 0 Å². The van der Waals surface area contributed by atoms with E-state index in [2.05, 4.69) is 48.5 Å². The van der Waals surface area contributed by atoms with Gasteiger partial charge in [-0.05, 0) is 0 Å². The molecule has 0 amide bonds. The largest absolute Gasteiger partial charge is 2.00 e. The van der Waals surface area contributed by atoms with Gasteiger partial charge < -0.3 is 20.8 Å². The zero-order chi connectivity index (χ0) is 9.44. The molecule has 1 atom stereocenters. The van der Waals surface area contributed by atoms with Crippen LogP contribution in [0.15, 0.2) is 0 Å². The summed E-state index contributed by atoms with van der Waals surface area (Å²) in [6.07, 6.45) is 0.956. The Kier molecular flexibility index (Phi) is 62.0. The third kappa shape index (κ3) is 47.2. The van der Waals surface area contributed by atoms with Crippen LogP contribution in [0.3, 0.4) is 0 Å². The van der Waals surface area contributed by atoms with Crippen LogP contribution in [0.1, 0.15) is 34.1 Å². The molecule has 0 N–H and O–H groups in total. The zero-order valence-electron chi connectivity index (χ0n) is 10.3. The van der Waals surface area contributed by atoms with Crippen molar-refractivity contribution in [3.63, 3.8) is 0 Å². The minimum Gasteiger partial charge on any atom is -0.345 e. The van der Waals surface area contributed by atoms with Crippen LogP contribution in [-0.4, -0.2) is 0 Å². The predicted octanol–water partition coefficient (Wildman–Crippen LogP) is 3.79.